The van der Waals surface area contributed by atoms with Gasteiger partial charge in [0.2, 0.25) is 0 Å². The van der Waals surface area contributed by atoms with Crippen molar-refractivity contribution in [3.05, 3.63) is 97.4 Å². The van der Waals surface area contributed by atoms with E-state index in [-0.39, 0.29) is 10.7 Å². The quantitative estimate of drug-likeness (QED) is 0.493. The van der Waals surface area contributed by atoms with E-state index in [2.05, 4.69) is 0 Å². The van der Waals surface area contributed by atoms with E-state index < -0.39 is 30.4 Å². The van der Waals surface area contributed by atoms with Crippen LogP contribution in [-0.4, -0.2) is 8.42 Å². The van der Waals surface area contributed by atoms with Gasteiger partial charge in [0, 0.05) is 0 Å². The summed E-state index contributed by atoms with van der Waals surface area (Å²) in [4.78, 5) is 0.124. The van der Waals surface area contributed by atoms with Crippen LogP contribution in [0, 0.1) is 19.9 Å². The summed E-state index contributed by atoms with van der Waals surface area (Å²) in [5.74, 6) is -0.367. The summed E-state index contributed by atoms with van der Waals surface area (Å²) in [6.45, 7) is 1.89. The molecule has 0 aliphatic heterocycles. The van der Waals surface area contributed by atoms with Gasteiger partial charge in [-0.25, -0.2) is 0 Å². The Kier molecular flexibility index (Phi) is 5.51. The van der Waals surface area contributed by atoms with Crippen molar-refractivity contribution in [2.45, 2.75) is 11.8 Å². The van der Waals surface area contributed by atoms with Gasteiger partial charge in [-0.15, -0.1) is 0 Å². The molecule has 0 saturated carbocycles. The van der Waals surface area contributed by atoms with E-state index in [0.29, 0.717) is 3.57 Å². The number of hydrogen-bond acceptors (Lipinski definition) is 3. The summed E-state index contributed by atoms with van der Waals surface area (Å²) >= 11 is -2.75. The fourth-order valence-corrected chi connectivity index (χ4v) is 9.04. The fourth-order valence-electron chi connectivity index (χ4n) is 2.10. The summed E-state index contributed by atoms with van der Waals surface area (Å²) in [5, 5.41) is 0. The minimum atomic E-state index is -3.91. The van der Waals surface area contributed by atoms with Crippen molar-refractivity contribution in [3.63, 3.8) is 0 Å². The molecule has 0 aliphatic carbocycles. The van der Waals surface area contributed by atoms with Gasteiger partial charge >= 0.3 is 155 Å². The monoisotopic (exact) mass is 470 g/mol. The van der Waals surface area contributed by atoms with Gasteiger partial charge in [-0.05, 0) is 0 Å². The number of aryl methyl sites for hydroxylation is 1. The summed E-state index contributed by atoms with van der Waals surface area (Å²) in [6.07, 6.45) is 0. The normalized spacial score (nSPS) is 12.0. The van der Waals surface area contributed by atoms with Crippen LogP contribution in [0.5, 0.6) is 0 Å². The third-order valence-corrected chi connectivity index (χ3v) is 10.7. The number of rotatable bonds is 5. The summed E-state index contributed by atoms with van der Waals surface area (Å²) < 4.78 is 45.9. The maximum atomic E-state index is 13.3. The third kappa shape index (κ3) is 4.45. The molecule has 25 heavy (non-hydrogen) atoms. The van der Waals surface area contributed by atoms with Gasteiger partial charge < -0.3 is 0 Å². The zero-order chi connectivity index (χ0) is 17.9. The van der Waals surface area contributed by atoms with Crippen LogP contribution in [0.4, 0.5) is 4.39 Å². The molecule has 0 heterocycles. The summed E-state index contributed by atoms with van der Waals surface area (Å²) in [6, 6.07) is 21.6. The molecule has 0 N–H and O–H groups in total. The fraction of sp³-hybridized carbons (Fsp3) is 0.0526. The molecule has 3 nitrogen and oxygen atoms in total. The Hall–Kier alpha value is -1.77. The van der Waals surface area contributed by atoms with Crippen LogP contribution >= 0.6 is 20.2 Å². The Labute approximate surface area is 154 Å². The van der Waals surface area contributed by atoms with E-state index in [4.69, 9.17) is 2.51 Å². The van der Waals surface area contributed by atoms with Gasteiger partial charge in [0.25, 0.3) is 0 Å². The molecule has 0 bridgehead atoms. The minimum absolute atomic E-state index is 0.124. The number of hydrogen-bond donors (Lipinski definition) is 0. The van der Waals surface area contributed by atoms with E-state index >= 15 is 0 Å². The molecule has 0 fully saturated rings. The molecule has 130 valence electrons. The topological polar surface area (TPSA) is 43.4 Å². The molecule has 0 atom stereocenters. The Morgan fingerprint density at radius 2 is 1.36 bits per heavy atom. The molecule has 3 rings (SSSR count). The van der Waals surface area contributed by atoms with Crippen molar-refractivity contribution in [2.24, 2.45) is 0 Å². The summed E-state index contributed by atoms with van der Waals surface area (Å²) in [5.41, 5.74) is 0.968. The van der Waals surface area contributed by atoms with Crippen LogP contribution in [0.1, 0.15) is 5.56 Å². The Balaban J connectivity index is 2.00. The second-order valence-corrected chi connectivity index (χ2v) is 11.8. The van der Waals surface area contributed by atoms with E-state index in [1.807, 2.05) is 37.3 Å². The van der Waals surface area contributed by atoms with Crippen molar-refractivity contribution in [2.75, 3.05) is 0 Å². The Morgan fingerprint density at radius 3 is 1.96 bits per heavy atom. The zero-order valence-electron chi connectivity index (χ0n) is 13.4. The molecule has 0 saturated heterocycles. The molecule has 0 radical (unpaired) electrons. The second kappa shape index (κ2) is 7.63. The zero-order valence-corrected chi connectivity index (χ0v) is 16.4. The van der Waals surface area contributed by atoms with Crippen LogP contribution in [0.25, 0.3) is 0 Å². The molecule has 3 aromatic carbocycles. The van der Waals surface area contributed by atoms with E-state index in [9.17, 15) is 12.8 Å². The SMILES string of the molecule is Cc1ccc(S(=O)(=O)OI(c2ccccc2)c2ccc(F)cc2)cc1. The van der Waals surface area contributed by atoms with Crippen LogP contribution in [-0.2, 0) is 12.6 Å². The van der Waals surface area contributed by atoms with Crippen LogP contribution in [0.2, 0.25) is 0 Å². The molecule has 3 aromatic rings. The van der Waals surface area contributed by atoms with Gasteiger partial charge in [0.1, 0.15) is 0 Å². The van der Waals surface area contributed by atoms with Crippen LogP contribution in [0.3, 0.4) is 0 Å². The molecule has 6 heteroatoms. The van der Waals surface area contributed by atoms with Crippen molar-refractivity contribution in [1.29, 1.82) is 0 Å². The van der Waals surface area contributed by atoms with Gasteiger partial charge in [0.15, 0.2) is 0 Å². The predicted octanol–water partition coefficient (Wildman–Crippen LogP) is 5.00. The first-order valence-electron chi connectivity index (χ1n) is 7.48. The van der Waals surface area contributed by atoms with Gasteiger partial charge in [-0.3, -0.25) is 0 Å². The maximum absolute atomic E-state index is 13.3. The predicted molar refractivity (Wildman–Crippen MR) is 104 cm³/mol. The molecule has 0 aromatic heterocycles. The Bertz CT molecular complexity index is 940. The van der Waals surface area contributed by atoms with Crippen molar-refractivity contribution in [1.82, 2.24) is 0 Å². The first-order chi connectivity index (χ1) is 12.0. The standard InChI is InChI=1S/C19H16FIO3S/c1-15-7-13-19(14-8-15)25(22,23)24-21(17-5-3-2-4-6-17)18-11-9-16(20)10-12-18/h2-14H,1H3. The molecule has 0 amide bonds. The van der Waals surface area contributed by atoms with Gasteiger partial charge in [-0.1, -0.05) is 0 Å². The van der Waals surface area contributed by atoms with Crippen LogP contribution < -0.4 is 0 Å². The number of halogens is 2. The molecule has 0 unspecified atom stereocenters. The van der Waals surface area contributed by atoms with E-state index in [1.54, 1.807) is 24.3 Å². The van der Waals surface area contributed by atoms with E-state index in [0.717, 1.165) is 9.13 Å². The molecule has 0 spiro atoms. The van der Waals surface area contributed by atoms with Gasteiger partial charge in [0.05, 0.1) is 0 Å². The molecule has 0 aliphatic rings. The van der Waals surface area contributed by atoms with E-state index in [1.165, 1.54) is 24.3 Å². The second-order valence-electron chi connectivity index (χ2n) is 5.31. The average Bonchev–Trinajstić information content (AvgIpc) is 2.62. The molecular weight excluding hydrogens is 454 g/mol. The average molecular weight is 470 g/mol. The Morgan fingerprint density at radius 1 is 0.800 bits per heavy atom. The third-order valence-electron chi connectivity index (χ3n) is 3.39. The van der Waals surface area contributed by atoms with Crippen molar-refractivity contribution >= 4 is 30.4 Å². The van der Waals surface area contributed by atoms with Gasteiger partial charge in [-0.2, -0.15) is 0 Å². The summed E-state index contributed by atoms with van der Waals surface area (Å²) in [7, 11) is -3.91. The van der Waals surface area contributed by atoms with Crippen molar-refractivity contribution in [3.8, 4) is 0 Å². The molecular formula is C19H16FIO3S. The first kappa shape index (κ1) is 18.0. The number of benzene rings is 3. The van der Waals surface area contributed by atoms with Crippen LogP contribution in [0.15, 0.2) is 83.8 Å². The first-order valence-corrected chi connectivity index (χ1v) is 11.9. The van der Waals surface area contributed by atoms with Crippen molar-refractivity contribution < 1.29 is 15.3 Å².